The van der Waals surface area contributed by atoms with E-state index >= 15 is 0 Å². The number of benzene rings is 1. The first-order chi connectivity index (χ1) is 13.2. The zero-order valence-electron chi connectivity index (χ0n) is 15.2. The Morgan fingerprint density at radius 1 is 1.26 bits per heavy atom. The number of H-pyrrole nitrogens is 1. The monoisotopic (exact) mass is 382 g/mol. The molecule has 0 radical (unpaired) electrons. The molecule has 6 nitrogen and oxygen atoms in total. The second-order valence-corrected chi connectivity index (χ2v) is 8.13. The lowest BCUT2D eigenvalue weighted by Gasteiger charge is -2.33. The molecule has 0 spiro atoms. The molecule has 0 saturated carbocycles. The van der Waals surface area contributed by atoms with Crippen molar-refractivity contribution in [1.29, 1.82) is 0 Å². The zero-order valence-corrected chi connectivity index (χ0v) is 16.0. The van der Waals surface area contributed by atoms with Gasteiger partial charge in [0.05, 0.1) is 5.52 Å². The number of piperidine rings is 1. The summed E-state index contributed by atoms with van der Waals surface area (Å²) in [5.74, 6) is 1.10. The molecule has 0 aliphatic carbocycles. The summed E-state index contributed by atoms with van der Waals surface area (Å²) < 4.78 is 5.57. The molecule has 1 saturated heterocycles. The van der Waals surface area contributed by atoms with Gasteiger partial charge in [0.25, 0.3) is 0 Å². The summed E-state index contributed by atoms with van der Waals surface area (Å²) in [6.45, 7) is 3.67. The van der Waals surface area contributed by atoms with Crippen molar-refractivity contribution in [3.05, 3.63) is 48.9 Å². The van der Waals surface area contributed by atoms with Gasteiger partial charge in [-0.25, -0.2) is 9.78 Å². The number of hydrogen-bond donors (Lipinski definition) is 1. The van der Waals surface area contributed by atoms with Crippen molar-refractivity contribution < 1.29 is 9.53 Å². The maximum atomic E-state index is 12.5. The Kier molecular flexibility index (Phi) is 5.29. The van der Waals surface area contributed by atoms with E-state index in [0.717, 1.165) is 42.0 Å². The van der Waals surface area contributed by atoms with Crippen molar-refractivity contribution >= 4 is 28.8 Å². The molecule has 3 aromatic rings. The third kappa shape index (κ3) is 4.24. The number of pyridine rings is 1. The molecular formula is C20H22N4O2S. The Balaban J connectivity index is 1.31. The van der Waals surface area contributed by atoms with Gasteiger partial charge in [-0.15, -0.1) is 0 Å². The number of thioether (sulfide) groups is 1. The fourth-order valence-corrected chi connectivity index (χ4v) is 4.49. The number of carbonyl (C=O) groups is 1. The lowest BCUT2D eigenvalue weighted by molar-refractivity contribution is 0.131. The molecule has 0 bridgehead atoms. The molecule has 140 valence electrons. The van der Waals surface area contributed by atoms with Crippen LogP contribution < -0.4 is 4.74 Å². The van der Waals surface area contributed by atoms with E-state index in [-0.39, 0.29) is 6.09 Å². The summed E-state index contributed by atoms with van der Waals surface area (Å²) in [5, 5.41) is 2.44. The van der Waals surface area contributed by atoms with Crippen LogP contribution >= 0.6 is 11.8 Å². The van der Waals surface area contributed by atoms with Crippen molar-refractivity contribution in [2.24, 2.45) is 5.92 Å². The third-order valence-electron chi connectivity index (χ3n) is 5.01. The summed E-state index contributed by atoms with van der Waals surface area (Å²) >= 11 is 1.76. The van der Waals surface area contributed by atoms with Crippen LogP contribution in [0.4, 0.5) is 4.79 Å². The van der Waals surface area contributed by atoms with Crippen LogP contribution in [0.25, 0.3) is 10.9 Å². The first-order valence-corrected chi connectivity index (χ1v) is 10.0. The van der Waals surface area contributed by atoms with Gasteiger partial charge in [0.1, 0.15) is 5.75 Å². The number of rotatable bonds is 4. The van der Waals surface area contributed by atoms with E-state index in [1.165, 1.54) is 0 Å². The van der Waals surface area contributed by atoms with E-state index in [4.69, 9.17) is 4.74 Å². The SMILES string of the molecule is CC(Sc1ncc[nH]1)C1CCN(C(=O)Oc2ccc3cccnc3c2)CC1. The van der Waals surface area contributed by atoms with Crippen molar-refractivity contribution in [3.63, 3.8) is 0 Å². The van der Waals surface area contributed by atoms with Gasteiger partial charge in [-0.1, -0.05) is 24.8 Å². The molecule has 1 aliphatic heterocycles. The number of fused-ring (bicyclic) bond motifs is 1. The number of amides is 1. The first kappa shape index (κ1) is 17.9. The van der Waals surface area contributed by atoms with Crippen LogP contribution in [0.1, 0.15) is 19.8 Å². The molecule has 1 aliphatic rings. The predicted octanol–water partition coefficient (Wildman–Crippen LogP) is 4.35. The van der Waals surface area contributed by atoms with Crippen molar-refractivity contribution in [2.45, 2.75) is 30.2 Å². The van der Waals surface area contributed by atoms with E-state index in [2.05, 4.69) is 21.9 Å². The Labute approximate surface area is 162 Å². The third-order valence-corrected chi connectivity index (χ3v) is 6.22. The van der Waals surface area contributed by atoms with Crippen LogP contribution in [0.15, 0.2) is 54.1 Å². The summed E-state index contributed by atoms with van der Waals surface area (Å²) in [6.07, 6.45) is 7.02. The quantitative estimate of drug-likeness (QED) is 0.679. The van der Waals surface area contributed by atoms with Crippen molar-refractivity contribution in [2.75, 3.05) is 13.1 Å². The van der Waals surface area contributed by atoms with E-state index in [1.54, 1.807) is 29.1 Å². The summed E-state index contributed by atoms with van der Waals surface area (Å²) in [5.41, 5.74) is 0.824. The van der Waals surface area contributed by atoms with Crippen LogP contribution in [-0.4, -0.2) is 44.3 Å². The van der Waals surface area contributed by atoms with E-state index < -0.39 is 0 Å². The van der Waals surface area contributed by atoms with Gasteiger partial charge >= 0.3 is 6.09 Å². The number of carbonyl (C=O) groups excluding carboxylic acids is 1. The van der Waals surface area contributed by atoms with Crippen LogP contribution in [0.5, 0.6) is 5.75 Å². The van der Waals surface area contributed by atoms with Gasteiger partial charge in [0.15, 0.2) is 5.16 Å². The second kappa shape index (κ2) is 8.00. The summed E-state index contributed by atoms with van der Waals surface area (Å²) in [6, 6.07) is 9.42. The topological polar surface area (TPSA) is 71.1 Å². The van der Waals surface area contributed by atoms with Gasteiger partial charge < -0.3 is 14.6 Å². The molecular weight excluding hydrogens is 360 g/mol. The van der Waals surface area contributed by atoms with Crippen molar-refractivity contribution in [3.8, 4) is 5.75 Å². The van der Waals surface area contributed by atoms with Crippen LogP contribution in [0.2, 0.25) is 0 Å². The smallest absolute Gasteiger partial charge is 0.410 e. The van der Waals surface area contributed by atoms with Crippen LogP contribution in [-0.2, 0) is 0 Å². The fraction of sp³-hybridized carbons (Fsp3) is 0.350. The Morgan fingerprint density at radius 2 is 2.11 bits per heavy atom. The van der Waals surface area contributed by atoms with Gasteiger partial charge in [0, 0.05) is 48.4 Å². The van der Waals surface area contributed by atoms with E-state index in [1.807, 2.05) is 36.5 Å². The average molecular weight is 382 g/mol. The van der Waals surface area contributed by atoms with Crippen molar-refractivity contribution in [1.82, 2.24) is 19.9 Å². The first-order valence-electron chi connectivity index (χ1n) is 9.16. The number of aromatic nitrogens is 3. The largest absolute Gasteiger partial charge is 0.415 e. The lowest BCUT2D eigenvalue weighted by atomic mass is 9.94. The maximum absolute atomic E-state index is 12.5. The van der Waals surface area contributed by atoms with E-state index in [9.17, 15) is 4.79 Å². The number of ether oxygens (including phenoxy) is 1. The summed E-state index contributed by atoms with van der Waals surface area (Å²) in [4.78, 5) is 26.0. The normalized spacial score (nSPS) is 16.4. The highest BCUT2D eigenvalue weighted by molar-refractivity contribution is 7.99. The number of nitrogens with zero attached hydrogens (tertiary/aromatic N) is 3. The fourth-order valence-electron chi connectivity index (χ4n) is 3.41. The molecule has 3 heterocycles. The van der Waals surface area contributed by atoms with Crippen LogP contribution in [0, 0.1) is 5.92 Å². The highest BCUT2D eigenvalue weighted by Gasteiger charge is 2.28. The standard InChI is InChI=1S/C20H22N4O2S/c1-14(27-19-22-9-10-23-19)15-6-11-24(12-7-15)20(25)26-17-5-4-16-3-2-8-21-18(16)13-17/h2-5,8-10,13-15H,6-7,11-12H2,1H3,(H,22,23). The minimum Gasteiger partial charge on any atom is -0.410 e. The molecule has 27 heavy (non-hydrogen) atoms. The number of aromatic amines is 1. The minimum absolute atomic E-state index is 0.282. The predicted molar refractivity (Wildman–Crippen MR) is 106 cm³/mol. The lowest BCUT2D eigenvalue weighted by Crippen LogP contribution is -2.41. The molecule has 1 N–H and O–H groups in total. The average Bonchev–Trinajstić information content (AvgIpc) is 3.21. The van der Waals surface area contributed by atoms with Gasteiger partial charge in [0.2, 0.25) is 0 Å². The number of imidazole rings is 1. The summed E-state index contributed by atoms with van der Waals surface area (Å²) in [7, 11) is 0. The molecule has 7 heteroatoms. The number of nitrogens with one attached hydrogen (secondary N) is 1. The Morgan fingerprint density at radius 3 is 2.89 bits per heavy atom. The van der Waals surface area contributed by atoms with Gasteiger partial charge in [-0.05, 0) is 37.0 Å². The maximum Gasteiger partial charge on any atom is 0.415 e. The van der Waals surface area contributed by atoms with Crippen LogP contribution in [0.3, 0.4) is 0 Å². The van der Waals surface area contributed by atoms with E-state index in [0.29, 0.717) is 16.9 Å². The minimum atomic E-state index is -0.282. The molecule has 1 aromatic carbocycles. The highest BCUT2D eigenvalue weighted by Crippen LogP contribution is 2.32. The highest BCUT2D eigenvalue weighted by atomic mass is 32.2. The Hall–Kier alpha value is -2.54. The zero-order chi connectivity index (χ0) is 18.6. The molecule has 1 unspecified atom stereocenters. The number of likely N-dealkylation sites (tertiary alicyclic amines) is 1. The number of hydrogen-bond acceptors (Lipinski definition) is 5. The molecule has 1 atom stereocenters. The molecule has 2 aromatic heterocycles. The van der Waals surface area contributed by atoms with Gasteiger partial charge in [-0.3, -0.25) is 4.98 Å². The molecule has 4 rings (SSSR count). The van der Waals surface area contributed by atoms with Gasteiger partial charge in [-0.2, -0.15) is 0 Å². The molecule has 1 fully saturated rings. The molecule has 1 amide bonds. The Bertz CT molecular complexity index is 907. The second-order valence-electron chi connectivity index (χ2n) is 6.77.